The maximum absolute atomic E-state index is 13.8. The Kier molecular flexibility index (Phi) is 4.18. The van der Waals surface area contributed by atoms with Gasteiger partial charge >= 0.3 is 0 Å². The van der Waals surface area contributed by atoms with E-state index in [-0.39, 0.29) is 33.6 Å². The molecule has 0 unspecified atom stereocenters. The van der Waals surface area contributed by atoms with E-state index in [1.807, 2.05) is 0 Å². The van der Waals surface area contributed by atoms with Gasteiger partial charge in [-0.3, -0.25) is 14.9 Å². The van der Waals surface area contributed by atoms with Crippen molar-refractivity contribution in [2.45, 2.75) is 6.92 Å². The molecule has 0 saturated heterocycles. The fourth-order valence-corrected chi connectivity index (χ4v) is 1.87. The molecule has 2 aromatic rings. The van der Waals surface area contributed by atoms with E-state index in [2.05, 4.69) is 0 Å². The first kappa shape index (κ1) is 14.9. The molecule has 0 aliphatic heterocycles. The molecule has 7 heteroatoms. The molecule has 0 spiro atoms. The topological polar surface area (TPSA) is 69.4 Å². The van der Waals surface area contributed by atoms with Crippen molar-refractivity contribution in [3.63, 3.8) is 0 Å². The van der Waals surface area contributed by atoms with Gasteiger partial charge in [0, 0.05) is 17.7 Å². The Labute approximate surface area is 124 Å². The van der Waals surface area contributed by atoms with Crippen molar-refractivity contribution in [3.05, 3.63) is 62.9 Å². The third-order valence-electron chi connectivity index (χ3n) is 2.68. The summed E-state index contributed by atoms with van der Waals surface area (Å²) in [6, 6.07) is 7.49. The summed E-state index contributed by atoms with van der Waals surface area (Å²) in [5, 5.41) is 10.5. The van der Waals surface area contributed by atoms with Gasteiger partial charge in [-0.25, -0.2) is 4.39 Å². The smallest absolute Gasteiger partial charge is 0.288 e. The zero-order valence-corrected chi connectivity index (χ0v) is 11.6. The normalized spacial score (nSPS) is 10.2. The second-order valence-corrected chi connectivity index (χ2v) is 4.58. The molecule has 0 heterocycles. The van der Waals surface area contributed by atoms with Crippen LogP contribution < -0.4 is 4.74 Å². The average Bonchev–Trinajstić information content (AvgIpc) is 2.40. The largest absolute Gasteiger partial charge is 0.454 e. The standard InChI is InChI=1S/C14H9ClFNO4/c1-8(18)9-2-5-14(12(16)6-9)21-10-3-4-13(17(19)20)11(15)7-10/h2-7H,1H3. The van der Waals surface area contributed by atoms with Crippen molar-refractivity contribution in [1.29, 1.82) is 0 Å². The number of hydrogen-bond acceptors (Lipinski definition) is 4. The van der Waals surface area contributed by atoms with Gasteiger partial charge in [-0.15, -0.1) is 0 Å². The first-order valence-electron chi connectivity index (χ1n) is 5.81. The number of rotatable bonds is 4. The highest BCUT2D eigenvalue weighted by Gasteiger charge is 2.14. The predicted octanol–water partition coefficient (Wildman–Crippen LogP) is 4.38. The van der Waals surface area contributed by atoms with Crippen LogP contribution in [0.2, 0.25) is 5.02 Å². The highest BCUT2D eigenvalue weighted by Crippen LogP contribution is 2.32. The molecule has 2 aromatic carbocycles. The fourth-order valence-electron chi connectivity index (χ4n) is 1.63. The zero-order chi connectivity index (χ0) is 15.6. The molecular weight excluding hydrogens is 301 g/mol. The van der Waals surface area contributed by atoms with Gasteiger partial charge in [-0.05, 0) is 31.2 Å². The number of ether oxygens (including phenoxy) is 1. The van der Waals surface area contributed by atoms with E-state index in [0.29, 0.717) is 0 Å². The van der Waals surface area contributed by atoms with Crippen molar-refractivity contribution >= 4 is 23.1 Å². The Hall–Kier alpha value is -2.47. The number of carbonyl (C=O) groups excluding carboxylic acids is 1. The van der Waals surface area contributed by atoms with E-state index >= 15 is 0 Å². The highest BCUT2D eigenvalue weighted by atomic mass is 35.5. The molecule has 0 aliphatic carbocycles. The summed E-state index contributed by atoms with van der Waals surface area (Å²) in [6.45, 7) is 1.32. The van der Waals surface area contributed by atoms with Crippen LogP contribution in [-0.2, 0) is 0 Å². The van der Waals surface area contributed by atoms with Crippen LogP contribution in [0.25, 0.3) is 0 Å². The number of halogens is 2. The summed E-state index contributed by atoms with van der Waals surface area (Å²) in [5.74, 6) is -0.930. The van der Waals surface area contributed by atoms with E-state index in [0.717, 1.165) is 6.07 Å². The maximum Gasteiger partial charge on any atom is 0.288 e. The van der Waals surface area contributed by atoms with Crippen molar-refractivity contribution in [2.75, 3.05) is 0 Å². The van der Waals surface area contributed by atoms with Crippen LogP contribution in [0.15, 0.2) is 36.4 Å². The second kappa shape index (κ2) is 5.88. The van der Waals surface area contributed by atoms with Gasteiger partial charge in [-0.1, -0.05) is 11.6 Å². The molecule has 0 aromatic heterocycles. The maximum atomic E-state index is 13.8. The van der Waals surface area contributed by atoms with Crippen molar-refractivity contribution < 1.29 is 18.8 Å². The lowest BCUT2D eigenvalue weighted by molar-refractivity contribution is -0.384. The molecule has 5 nitrogen and oxygen atoms in total. The zero-order valence-electron chi connectivity index (χ0n) is 10.8. The summed E-state index contributed by atoms with van der Waals surface area (Å²) < 4.78 is 19.1. The van der Waals surface area contributed by atoms with Crippen LogP contribution in [0.1, 0.15) is 17.3 Å². The van der Waals surface area contributed by atoms with E-state index in [9.17, 15) is 19.3 Å². The van der Waals surface area contributed by atoms with Crippen LogP contribution in [0.3, 0.4) is 0 Å². The van der Waals surface area contributed by atoms with Crippen LogP contribution >= 0.6 is 11.6 Å². The van der Waals surface area contributed by atoms with Crippen molar-refractivity contribution in [3.8, 4) is 11.5 Å². The Morgan fingerprint density at radius 3 is 2.52 bits per heavy atom. The van der Waals surface area contributed by atoms with E-state index < -0.39 is 10.7 Å². The Morgan fingerprint density at radius 1 is 1.29 bits per heavy atom. The summed E-state index contributed by atoms with van der Waals surface area (Å²) >= 11 is 5.74. The third kappa shape index (κ3) is 3.35. The molecule has 0 bridgehead atoms. The quantitative estimate of drug-likeness (QED) is 0.477. The summed E-state index contributed by atoms with van der Waals surface area (Å²) in [4.78, 5) is 21.1. The summed E-state index contributed by atoms with van der Waals surface area (Å²) in [6.07, 6.45) is 0. The molecule has 0 aliphatic rings. The van der Waals surface area contributed by atoms with Gasteiger partial charge in [0.15, 0.2) is 17.3 Å². The Bertz CT molecular complexity index is 733. The predicted molar refractivity (Wildman–Crippen MR) is 74.6 cm³/mol. The Morgan fingerprint density at radius 2 is 2.00 bits per heavy atom. The molecule has 0 atom stereocenters. The van der Waals surface area contributed by atoms with Crippen LogP contribution in [0, 0.1) is 15.9 Å². The molecule has 2 rings (SSSR count). The van der Waals surface area contributed by atoms with E-state index in [4.69, 9.17) is 16.3 Å². The number of nitrogens with zero attached hydrogens (tertiary/aromatic N) is 1. The molecule has 0 amide bonds. The minimum atomic E-state index is -0.711. The van der Waals surface area contributed by atoms with Crippen LogP contribution in [-0.4, -0.2) is 10.7 Å². The highest BCUT2D eigenvalue weighted by molar-refractivity contribution is 6.32. The number of nitro benzene ring substituents is 1. The minimum absolute atomic E-state index is 0.107. The number of benzene rings is 2. The third-order valence-corrected chi connectivity index (χ3v) is 2.98. The average molecular weight is 310 g/mol. The number of ketones is 1. The lowest BCUT2D eigenvalue weighted by Gasteiger charge is -2.08. The van der Waals surface area contributed by atoms with Gasteiger partial charge in [0.1, 0.15) is 10.8 Å². The number of nitro groups is 1. The molecule has 0 fully saturated rings. The van der Waals surface area contributed by atoms with Gasteiger partial charge in [-0.2, -0.15) is 0 Å². The number of hydrogen-bond donors (Lipinski definition) is 0. The molecule has 0 saturated carbocycles. The van der Waals surface area contributed by atoms with Gasteiger partial charge in [0.05, 0.1) is 4.92 Å². The Balaban J connectivity index is 2.28. The fraction of sp³-hybridized carbons (Fsp3) is 0.0714. The molecule has 0 N–H and O–H groups in total. The first-order valence-corrected chi connectivity index (χ1v) is 6.18. The van der Waals surface area contributed by atoms with Crippen LogP contribution in [0.4, 0.5) is 10.1 Å². The SMILES string of the molecule is CC(=O)c1ccc(Oc2ccc([N+](=O)[O-])c(Cl)c2)c(F)c1. The molecule has 108 valence electrons. The van der Waals surface area contributed by atoms with Crippen LogP contribution in [0.5, 0.6) is 11.5 Å². The number of Topliss-reactive ketones (excluding diaryl/α,β-unsaturated/α-hetero) is 1. The monoisotopic (exact) mass is 309 g/mol. The number of carbonyl (C=O) groups is 1. The van der Waals surface area contributed by atoms with E-state index in [1.165, 1.54) is 37.3 Å². The second-order valence-electron chi connectivity index (χ2n) is 4.17. The lowest BCUT2D eigenvalue weighted by atomic mass is 10.1. The van der Waals surface area contributed by atoms with Gasteiger partial charge in [0.25, 0.3) is 5.69 Å². The minimum Gasteiger partial charge on any atom is -0.454 e. The van der Waals surface area contributed by atoms with Crippen molar-refractivity contribution in [2.24, 2.45) is 0 Å². The summed E-state index contributed by atoms with van der Waals surface area (Å²) in [7, 11) is 0. The molecule has 21 heavy (non-hydrogen) atoms. The first-order chi connectivity index (χ1) is 9.88. The summed E-state index contributed by atoms with van der Waals surface area (Å²) in [5.41, 5.74) is -0.0435. The van der Waals surface area contributed by atoms with Crippen molar-refractivity contribution in [1.82, 2.24) is 0 Å². The molecular formula is C14H9ClFNO4. The lowest BCUT2D eigenvalue weighted by Crippen LogP contribution is -1.95. The van der Waals surface area contributed by atoms with Gasteiger partial charge in [0.2, 0.25) is 0 Å². The molecule has 0 radical (unpaired) electrons. The van der Waals surface area contributed by atoms with Gasteiger partial charge < -0.3 is 4.74 Å². The van der Waals surface area contributed by atoms with E-state index in [1.54, 1.807) is 0 Å².